The van der Waals surface area contributed by atoms with Crippen molar-refractivity contribution in [3.63, 3.8) is 0 Å². The molecule has 6 heteroatoms. The fraction of sp³-hybridized carbons (Fsp3) is 0.824. The van der Waals surface area contributed by atoms with Crippen LogP contribution < -0.4 is 4.72 Å². The minimum Gasteiger partial charge on any atom is -0.342 e. The van der Waals surface area contributed by atoms with Crippen LogP contribution in [0.3, 0.4) is 0 Å². The lowest BCUT2D eigenvalue weighted by Crippen LogP contribution is -2.44. The molecular weight excluding hydrogens is 312 g/mol. The summed E-state index contributed by atoms with van der Waals surface area (Å²) in [4.78, 5) is 14.8. The predicted octanol–water partition coefficient (Wildman–Crippen LogP) is 2.01. The Morgan fingerprint density at radius 3 is 2.57 bits per heavy atom. The highest BCUT2D eigenvalue weighted by Gasteiger charge is 2.61. The number of carbonyl (C=O) groups is 1. The van der Waals surface area contributed by atoms with Crippen molar-refractivity contribution in [3.05, 3.63) is 11.6 Å². The quantitative estimate of drug-likeness (QED) is 0.777. The number of nitrogens with one attached hydrogen (secondary N) is 1. The number of carbonyl (C=O) groups excluding carboxylic acids is 1. The van der Waals surface area contributed by atoms with Gasteiger partial charge in [0.25, 0.3) is 0 Å². The Labute approximate surface area is 140 Å². The van der Waals surface area contributed by atoms with Crippen LogP contribution in [-0.4, -0.2) is 45.1 Å². The summed E-state index contributed by atoms with van der Waals surface area (Å²) in [6.45, 7) is 10.3. The third-order valence-corrected chi connectivity index (χ3v) is 5.85. The smallest absolute Gasteiger partial charge is 0.226 e. The summed E-state index contributed by atoms with van der Waals surface area (Å²) >= 11 is 0. The number of nitrogens with zero attached hydrogens (tertiary/aromatic N) is 1. The first-order valence-corrected chi connectivity index (χ1v) is 10.3. The van der Waals surface area contributed by atoms with E-state index >= 15 is 0 Å². The lowest BCUT2D eigenvalue weighted by Gasteiger charge is -2.33. The fourth-order valence-electron chi connectivity index (χ4n) is 3.72. The summed E-state index contributed by atoms with van der Waals surface area (Å²) in [6.07, 6.45) is 5.31. The summed E-state index contributed by atoms with van der Waals surface area (Å²) in [5.74, 6) is 0.848. The van der Waals surface area contributed by atoms with Gasteiger partial charge in [-0.2, -0.15) is 0 Å². The van der Waals surface area contributed by atoms with Crippen LogP contribution in [0, 0.1) is 23.2 Å². The van der Waals surface area contributed by atoms with Crippen molar-refractivity contribution in [2.45, 2.75) is 40.5 Å². The van der Waals surface area contributed by atoms with E-state index in [0.29, 0.717) is 19.0 Å². The standard InChI is InChI=1S/C17H30N2O3S/c1-12(2)9-14-15(17(14,3)4)16(20)19-8-6-7-13(11-19)10-18-23(5,21)22/h9,13-15,18H,6-8,10-11H2,1-5H3/t13-,14+,15+/m0/s1. The van der Waals surface area contributed by atoms with Gasteiger partial charge in [-0.15, -0.1) is 0 Å². The number of likely N-dealkylation sites (tertiary alicyclic amines) is 1. The Kier molecular flexibility index (Phi) is 5.26. The summed E-state index contributed by atoms with van der Waals surface area (Å²) in [5, 5.41) is 0. The van der Waals surface area contributed by atoms with Gasteiger partial charge in [-0.05, 0) is 43.9 Å². The van der Waals surface area contributed by atoms with E-state index in [-0.39, 0.29) is 23.2 Å². The maximum absolute atomic E-state index is 12.9. The van der Waals surface area contributed by atoms with Gasteiger partial charge in [0.05, 0.1) is 12.2 Å². The predicted molar refractivity (Wildman–Crippen MR) is 92.3 cm³/mol. The molecular formula is C17H30N2O3S. The summed E-state index contributed by atoms with van der Waals surface area (Å²) in [7, 11) is -3.17. The minimum absolute atomic E-state index is 0.0340. The van der Waals surface area contributed by atoms with Gasteiger partial charge in [-0.1, -0.05) is 25.5 Å². The molecule has 0 spiro atoms. The molecule has 2 rings (SSSR count). The largest absolute Gasteiger partial charge is 0.342 e. The number of piperidine rings is 1. The number of sulfonamides is 1. The molecule has 1 amide bonds. The lowest BCUT2D eigenvalue weighted by atomic mass is 9.97. The number of hydrogen-bond donors (Lipinski definition) is 1. The molecule has 0 aromatic heterocycles. The van der Waals surface area contributed by atoms with Gasteiger partial charge in [-0.25, -0.2) is 13.1 Å². The number of allylic oxidation sites excluding steroid dienone is 2. The highest BCUT2D eigenvalue weighted by molar-refractivity contribution is 7.88. The molecule has 0 radical (unpaired) electrons. The maximum Gasteiger partial charge on any atom is 0.226 e. The monoisotopic (exact) mass is 342 g/mol. The topological polar surface area (TPSA) is 66.5 Å². The van der Waals surface area contributed by atoms with Crippen molar-refractivity contribution in [1.82, 2.24) is 9.62 Å². The third-order valence-electron chi connectivity index (χ3n) is 5.15. The van der Waals surface area contributed by atoms with Gasteiger partial charge >= 0.3 is 0 Å². The maximum atomic E-state index is 12.9. The van der Waals surface area contributed by atoms with Gasteiger partial charge in [0.15, 0.2) is 0 Å². The van der Waals surface area contributed by atoms with Crippen LogP contribution in [0.4, 0.5) is 0 Å². The Morgan fingerprint density at radius 1 is 1.35 bits per heavy atom. The molecule has 0 aromatic carbocycles. The lowest BCUT2D eigenvalue weighted by molar-refractivity contribution is -0.135. The van der Waals surface area contributed by atoms with Gasteiger partial charge in [-0.3, -0.25) is 4.79 Å². The molecule has 1 saturated carbocycles. The van der Waals surface area contributed by atoms with Crippen LogP contribution in [-0.2, 0) is 14.8 Å². The van der Waals surface area contributed by atoms with Gasteiger partial charge in [0.1, 0.15) is 0 Å². The second-order valence-electron chi connectivity index (χ2n) is 7.98. The average molecular weight is 343 g/mol. The van der Waals surface area contributed by atoms with E-state index in [2.05, 4.69) is 38.5 Å². The van der Waals surface area contributed by atoms with E-state index in [0.717, 1.165) is 19.4 Å². The summed E-state index contributed by atoms with van der Waals surface area (Å²) in [5.41, 5.74) is 1.29. The Balaban J connectivity index is 1.96. The van der Waals surface area contributed by atoms with Crippen molar-refractivity contribution < 1.29 is 13.2 Å². The molecule has 5 nitrogen and oxygen atoms in total. The molecule has 2 aliphatic rings. The Bertz CT molecular complexity index is 591. The summed E-state index contributed by atoms with van der Waals surface area (Å²) < 4.78 is 25.1. The van der Waals surface area contributed by atoms with E-state index in [1.165, 1.54) is 11.8 Å². The van der Waals surface area contributed by atoms with E-state index in [1.807, 2.05) is 4.90 Å². The van der Waals surface area contributed by atoms with E-state index in [1.54, 1.807) is 0 Å². The van der Waals surface area contributed by atoms with Crippen molar-refractivity contribution in [2.24, 2.45) is 23.2 Å². The van der Waals surface area contributed by atoms with Crippen LogP contribution >= 0.6 is 0 Å². The second kappa shape index (κ2) is 6.55. The zero-order valence-corrected chi connectivity index (χ0v) is 15.7. The molecule has 0 bridgehead atoms. The molecule has 0 aromatic rings. The molecule has 23 heavy (non-hydrogen) atoms. The molecule has 132 valence electrons. The van der Waals surface area contributed by atoms with Crippen LogP contribution in [0.25, 0.3) is 0 Å². The molecule has 3 atom stereocenters. The molecule has 1 saturated heterocycles. The molecule has 1 aliphatic carbocycles. The first kappa shape index (κ1) is 18.5. The van der Waals surface area contributed by atoms with Crippen molar-refractivity contribution in [2.75, 3.05) is 25.9 Å². The molecule has 2 fully saturated rings. The van der Waals surface area contributed by atoms with Crippen LogP contribution in [0.15, 0.2) is 11.6 Å². The van der Waals surface area contributed by atoms with Crippen LogP contribution in [0.2, 0.25) is 0 Å². The Morgan fingerprint density at radius 2 is 2.00 bits per heavy atom. The highest BCUT2D eigenvalue weighted by atomic mass is 32.2. The van der Waals surface area contributed by atoms with E-state index in [4.69, 9.17) is 0 Å². The van der Waals surface area contributed by atoms with E-state index in [9.17, 15) is 13.2 Å². The molecule has 0 unspecified atom stereocenters. The molecule has 1 N–H and O–H groups in total. The fourth-order valence-corrected chi connectivity index (χ4v) is 4.26. The zero-order valence-electron chi connectivity index (χ0n) is 14.9. The van der Waals surface area contributed by atoms with Crippen LogP contribution in [0.1, 0.15) is 40.5 Å². The number of amides is 1. The number of hydrogen-bond acceptors (Lipinski definition) is 3. The van der Waals surface area contributed by atoms with Gasteiger partial charge in [0.2, 0.25) is 15.9 Å². The SMILES string of the molecule is CC(C)=C[C@@H]1[C@H](C(=O)N2CCC[C@@H](CNS(C)(=O)=O)C2)C1(C)C. The first-order valence-electron chi connectivity index (χ1n) is 8.41. The van der Waals surface area contributed by atoms with Crippen molar-refractivity contribution in [3.8, 4) is 0 Å². The third kappa shape index (κ3) is 4.57. The average Bonchev–Trinajstić information content (AvgIpc) is 2.95. The first-order chi connectivity index (χ1) is 10.5. The number of rotatable bonds is 5. The Hall–Kier alpha value is -0.880. The molecule has 1 aliphatic heterocycles. The second-order valence-corrected chi connectivity index (χ2v) is 9.81. The summed E-state index contributed by atoms with van der Waals surface area (Å²) in [6, 6.07) is 0. The normalized spacial score (nSPS) is 30.0. The van der Waals surface area contributed by atoms with E-state index < -0.39 is 10.0 Å². The highest BCUT2D eigenvalue weighted by Crippen LogP contribution is 2.60. The van der Waals surface area contributed by atoms with Crippen LogP contribution in [0.5, 0.6) is 0 Å². The zero-order chi connectivity index (χ0) is 17.4. The van der Waals surface area contributed by atoms with Crippen molar-refractivity contribution in [1.29, 1.82) is 0 Å². The van der Waals surface area contributed by atoms with Gasteiger partial charge < -0.3 is 4.90 Å². The minimum atomic E-state index is -3.17. The molecule has 1 heterocycles. The van der Waals surface area contributed by atoms with Crippen molar-refractivity contribution >= 4 is 15.9 Å². The van der Waals surface area contributed by atoms with Gasteiger partial charge in [0, 0.05) is 19.6 Å².